The number of nitrogens with zero attached hydrogens (tertiary/aromatic N) is 2. The van der Waals surface area contributed by atoms with E-state index in [9.17, 15) is 9.90 Å². The molecule has 2 heterocycles. The average Bonchev–Trinajstić information content (AvgIpc) is 3.09. The lowest BCUT2D eigenvalue weighted by molar-refractivity contribution is -0.141. The zero-order valence-corrected chi connectivity index (χ0v) is 19.1. The van der Waals surface area contributed by atoms with E-state index in [1.165, 1.54) is 0 Å². The lowest BCUT2D eigenvalue weighted by Crippen LogP contribution is -2.25. The maximum Gasteiger partial charge on any atom is 0.308 e. The number of anilines is 1. The molecule has 0 aliphatic heterocycles. The van der Waals surface area contributed by atoms with Gasteiger partial charge in [0.15, 0.2) is 5.13 Å². The van der Waals surface area contributed by atoms with Crippen molar-refractivity contribution in [2.45, 2.75) is 26.7 Å². The van der Waals surface area contributed by atoms with E-state index in [0.717, 1.165) is 28.2 Å². The molecule has 0 fully saturated rings. The molecule has 0 aliphatic carbocycles. The third-order valence-electron chi connectivity index (χ3n) is 4.51. The highest BCUT2D eigenvalue weighted by Gasteiger charge is 2.21. The van der Waals surface area contributed by atoms with Gasteiger partial charge in [-0.3, -0.25) is 9.78 Å². The molecule has 5 nitrogen and oxygen atoms in total. The van der Waals surface area contributed by atoms with E-state index < -0.39 is 11.9 Å². The Morgan fingerprint density at radius 3 is 2.60 bits per heavy atom. The molecular weight excluding hydrogens is 441 g/mol. The van der Waals surface area contributed by atoms with Gasteiger partial charge in [-0.25, -0.2) is 4.98 Å². The van der Waals surface area contributed by atoms with Gasteiger partial charge in [0.1, 0.15) is 0 Å². The Morgan fingerprint density at radius 1 is 1.17 bits per heavy atom. The van der Waals surface area contributed by atoms with E-state index in [-0.39, 0.29) is 6.54 Å². The summed E-state index contributed by atoms with van der Waals surface area (Å²) in [6.45, 7) is 4.57. The first kappa shape index (κ1) is 22.5. The van der Waals surface area contributed by atoms with Crippen LogP contribution >= 0.6 is 34.5 Å². The van der Waals surface area contributed by atoms with E-state index in [1.54, 1.807) is 23.6 Å². The molecule has 2 aromatic heterocycles. The van der Waals surface area contributed by atoms with Crippen LogP contribution in [0.25, 0.3) is 11.3 Å². The fourth-order valence-electron chi connectivity index (χ4n) is 3.03. The number of benzene rings is 1. The summed E-state index contributed by atoms with van der Waals surface area (Å²) in [7, 11) is 0. The Labute approximate surface area is 190 Å². The second kappa shape index (κ2) is 10.2. The Balaban J connectivity index is 1.80. The van der Waals surface area contributed by atoms with Crippen LogP contribution in [0.3, 0.4) is 0 Å². The molecule has 0 radical (unpaired) electrons. The summed E-state index contributed by atoms with van der Waals surface area (Å²) in [5, 5.41) is 14.5. The lowest BCUT2D eigenvalue weighted by Gasteiger charge is -2.12. The van der Waals surface area contributed by atoms with Crippen molar-refractivity contribution in [3.8, 4) is 11.3 Å². The molecule has 30 heavy (non-hydrogen) atoms. The van der Waals surface area contributed by atoms with E-state index in [1.807, 2.05) is 30.3 Å². The number of hydrogen-bond acceptors (Lipinski definition) is 5. The predicted octanol–water partition coefficient (Wildman–Crippen LogP) is 6.07. The van der Waals surface area contributed by atoms with Crippen molar-refractivity contribution in [2.24, 2.45) is 11.8 Å². The summed E-state index contributed by atoms with van der Waals surface area (Å²) >= 11 is 13.8. The van der Waals surface area contributed by atoms with Crippen LogP contribution in [0, 0.1) is 11.8 Å². The first-order chi connectivity index (χ1) is 14.3. The molecule has 1 atom stereocenters. The Morgan fingerprint density at radius 2 is 1.97 bits per heavy atom. The molecule has 3 rings (SSSR count). The van der Waals surface area contributed by atoms with E-state index in [0.29, 0.717) is 27.5 Å². The third kappa shape index (κ3) is 5.94. The van der Waals surface area contributed by atoms with E-state index >= 15 is 0 Å². The highest BCUT2D eigenvalue weighted by Crippen LogP contribution is 2.35. The largest absolute Gasteiger partial charge is 0.481 e. The van der Waals surface area contributed by atoms with Crippen LogP contribution in [-0.4, -0.2) is 27.6 Å². The molecular formula is C22H23Cl2N3O2S. The number of aromatic nitrogens is 2. The third-order valence-corrected chi connectivity index (χ3v) is 6.29. The smallest absolute Gasteiger partial charge is 0.308 e. The molecule has 1 aromatic carbocycles. The minimum Gasteiger partial charge on any atom is -0.481 e. The topological polar surface area (TPSA) is 75.1 Å². The van der Waals surface area contributed by atoms with Gasteiger partial charge >= 0.3 is 5.97 Å². The molecule has 1 unspecified atom stereocenters. The Bertz CT molecular complexity index is 1010. The Hall–Kier alpha value is -2.15. The molecule has 0 saturated heterocycles. The van der Waals surface area contributed by atoms with Crippen molar-refractivity contribution < 1.29 is 9.90 Å². The fraction of sp³-hybridized carbons (Fsp3) is 0.318. The first-order valence-corrected chi connectivity index (χ1v) is 11.2. The van der Waals surface area contributed by atoms with Crippen LogP contribution in [0.4, 0.5) is 5.13 Å². The normalized spacial score (nSPS) is 12.2. The van der Waals surface area contributed by atoms with Gasteiger partial charge in [-0.05, 0) is 36.6 Å². The zero-order valence-electron chi connectivity index (χ0n) is 16.7. The quantitative estimate of drug-likeness (QED) is 0.402. The first-order valence-electron chi connectivity index (χ1n) is 9.65. The van der Waals surface area contributed by atoms with Crippen LogP contribution in [0.2, 0.25) is 10.0 Å². The number of halogens is 2. The van der Waals surface area contributed by atoms with Gasteiger partial charge in [0.2, 0.25) is 0 Å². The van der Waals surface area contributed by atoms with Crippen molar-refractivity contribution in [2.75, 3.05) is 11.9 Å². The summed E-state index contributed by atoms with van der Waals surface area (Å²) in [6, 6.07) is 11.0. The summed E-state index contributed by atoms with van der Waals surface area (Å²) in [5.74, 6) is -1.02. The Kier molecular flexibility index (Phi) is 7.69. The van der Waals surface area contributed by atoms with Crippen molar-refractivity contribution in [3.05, 3.63) is 63.2 Å². The van der Waals surface area contributed by atoms with Crippen LogP contribution in [0.15, 0.2) is 42.6 Å². The monoisotopic (exact) mass is 463 g/mol. The van der Waals surface area contributed by atoms with Gasteiger partial charge in [-0.15, -0.1) is 11.3 Å². The minimum absolute atomic E-state index is 0.265. The summed E-state index contributed by atoms with van der Waals surface area (Å²) in [5.41, 5.74) is 2.50. The summed E-state index contributed by atoms with van der Waals surface area (Å²) in [4.78, 5) is 21.8. The number of carboxylic acid groups (broad SMARTS) is 1. The van der Waals surface area contributed by atoms with Gasteiger partial charge in [0.25, 0.3) is 0 Å². The maximum absolute atomic E-state index is 11.7. The van der Waals surface area contributed by atoms with Gasteiger partial charge in [-0.2, -0.15) is 0 Å². The van der Waals surface area contributed by atoms with Crippen LogP contribution in [-0.2, 0) is 17.6 Å². The number of hydrogen-bond donors (Lipinski definition) is 2. The van der Waals surface area contributed by atoms with Crippen molar-refractivity contribution in [1.82, 2.24) is 9.97 Å². The van der Waals surface area contributed by atoms with Crippen LogP contribution < -0.4 is 5.32 Å². The van der Waals surface area contributed by atoms with Gasteiger partial charge < -0.3 is 10.4 Å². The number of carbonyl (C=O) groups is 1. The van der Waals surface area contributed by atoms with Crippen LogP contribution in [0.1, 0.15) is 24.4 Å². The average molecular weight is 464 g/mol. The zero-order chi connectivity index (χ0) is 21.7. The van der Waals surface area contributed by atoms with E-state index in [4.69, 9.17) is 28.2 Å². The second-order valence-electron chi connectivity index (χ2n) is 7.46. The van der Waals surface area contributed by atoms with Crippen molar-refractivity contribution >= 4 is 45.6 Å². The molecule has 158 valence electrons. The summed E-state index contributed by atoms with van der Waals surface area (Å²) in [6.07, 6.45) is 2.89. The molecule has 0 aliphatic rings. The molecule has 8 heteroatoms. The van der Waals surface area contributed by atoms with Crippen molar-refractivity contribution in [1.29, 1.82) is 0 Å². The highest BCUT2D eigenvalue weighted by molar-refractivity contribution is 7.16. The predicted molar refractivity (Wildman–Crippen MR) is 124 cm³/mol. The SMILES string of the molecule is CC(C)Cc1sc(NCC(Cc2ccccn2)C(=O)O)nc1-c1ccc(Cl)c(Cl)c1. The molecule has 0 spiro atoms. The van der Waals surface area contributed by atoms with E-state index in [2.05, 4.69) is 24.1 Å². The standard InChI is InChI=1S/C22H23Cl2N3O2S/c1-13(2)9-19-20(14-6-7-17(23)18(24)11-14)27-22(30-19)26-12-15(21(28)29)10-16-5-3-4-8-25-16/h3-8,11,13,15H,9-10,12H2,1-2H3,(H,26,27)(H,28,29). The molecule has 0 amide bonds. The fourth-order valence-corrected chi connectivity index (χ4v) is 4.53. The number of nitrogens with one attached hydrogen (secondary N) is 1. The number of aliphatic carboxylic acids is 1. The number of rotatable bonds is 9. The van der Waals surface area contributed by atoms with Crippen molar-refractivity contribution in [3.63, 3.8) is 0 Å². The molecule has 2 N–H and O–H groups in total. The summed E-state index contributed by atoms with van der Waals surface area (Å²) < 4.78 is 0. The van der Waals surface area contributed by atoms with Crippen LogP contribution in [0.5, 0.6) is 0 Å². The number of carboxylic acids is 1. The van der Waals surface area contributed by atoms with Gasteiger partial charge in [0.05, 0.1) is 21.7 Å². The lowest BCUT2D eigenvalue weighted by atomic mass is 10.0. The van der Waals surface area contributed by atoms with Gasteiger partial charge in [0, 0.05) is 35.3 Å². The molecule has 0 saturated carbocycles. The number of pyridine rings is 1. The minimum atomic E-state index is -0.864. The maximum atomic E-state index is 11.7. The number of thiazole rings is 1. The van der Waals surface area contributed by atoms with Gasteiger partial charge in [-0.1, -0.05) is 49.2 Å². The highest BCUT2D eigenvalue weighted by atomic mass is 35.5. The molecule has 0 bridgehead atoms. The molecule has 3 aromatic rings. The second-order valence-corrected chi connectivity index (χ2v) is 9.36.